The van der Waals surface area contributed by atoms with Gasteiger partial charge in [-0.25, -0.2) is 0 Å². The summed E-state index contributed by atoms with van der Waals surface area (Å²) >= 11 is 1.48. The molecule has 5 heteroatoms. The normalized spacial score (nSPS) is 10.5. The Morgan fingerprint density at radius 3 is 2.62 bits per heavy atom. The van der Waals surface area contributed by atoms with Gasteiger partial charge < -0.3 is 14.4 Å². The molecule has 0 saturated heterocycles. The van der Waals surface area contributed by atoms with Crippen molar-refractivity contribution in [3.8, 4) is 11.5 Å². The lowest BCUT2D eigenvalue weighted by molar-refractivity contribution is 0.0748. The van der Waals surface area contributed by atoms with Gasteiger partial charge in [0.15, 0.2) is 11.5 Å². The van der Waals surface area contributed by atoms with Crippen molar-refractivity contribution in [1.82, 2.24) is 4.90 Å². The highest BCUT2D eigenvalue weighted by molar-refractivity contribution is 7.12. The van der Waals surface area contributed by atoms with Gasteiger partial charge in [0.1, 0.15) is 0 Å². The van der Waals surface area contributed by atoms with Crippen LogP contribution in [0.5, 0.6) is 11.5 Å². The molecule has 1 amide bonds. The Morgan fingerprint density at radius 1 is 1.17 bits per heavy atom. The van der Waals surface area contributed by atoms with Gasteiger partial charge in [-0.2, -0.15) is 0 Å². The third kappa shape index (κ3) is 4.74. The molecule has 1 heterocycles. The monoisotopic (exact) mass is 347 g/mol. The van der Waals surface area contributed by atoms with Gasteiger partial charge >= 0.3 is 0 Å². The van der Waals surface area contributed by atoms with Crippen molar-refractivity contribution in [3.63, 3.8) is 0 Å². The van der Waals surface area contributed by atoms with Crippen molar-refractivity contribution in [3.05, 3.63) is 46.2 Å². The minimum absolute atomic E-state index is 0.0807. The van der Waals surface area contributed by atoms with Crippen molar-refractivity contribution < 1.29 is 14.3 Å². The molecule has 130 valence electrons. The number of carbonyl (C=O) groups is 1. The second-order valence-corrected chi connectivity index (χ2v) is 6.49. The van der Waals surface area contributed by atoms with Crippen molar-refractivity contribution in [2.24, 2.45) is 0 Å². The van der Waals surface area contributed by atoms with Gasteiger partial charge in [0, 0.05) is 13.1 Å². The lowest BCUT2D eigenvalue weighted by Gasteiger charge is -2.22. The van der Waals surface area contributed by atoms with Crippen LogP contribution in [0.15, 0.2) is 35.7 Å². The molecule has 0 fully saturated rings. The largest absolute Gasteiger partial charge is 0.493 e. The number of carbonyl (C=O) groups excluding carboxylic acids is 1. The highest BCUT2D eigenvalue weighted by Crippen LogP contribution is 2.29. The van der Waals surface area contributed by atoms with E-state index >= 15 is 0 Å². The summed E-state index contributed by atoms with van der Waals surface area (Å²) in [6.45, 7) is 6.10. The van der Waals surface area contributed by atoms with Gasteiger partial charge in [-0.05, 0) is 42.0 Å². The highest BCUT2D eigenvalue weighted by Gasteiger charge is 2.17. The SMILES string of the molecule is CCCOc1ccc(CN(CCC)C(=O)c2cccs2)cc1OC. The number of rotatable bonds is 9. The number of nitrogens with zero attached hydrogens (tertiary/aromatic N) is 1. The molecule has 0 spiro atoms. The molecule has 0 unspecified atom stereocenters. The maximum atomic E-state index is 12.6. The molecule has 0 aliphatic rings. The summed E-state index contributed by atoms with van der Waals surface area (Å²) in [7, 11) is 1.64. The van der Waals surface area contributed by atoms with E-state index < -0.39 is 0 Å². The quantitative estimate of drug-likeness (QED) is 0.665. The molecule has 4 nitrogen and oxygen atoms in total. The average molecular weight is 347 g/mol. The summed E-state index contributed by atoms with van der Waals surface area (Å²) in [5, 5.41) is 1.93. The van der Waals surface area contributed by atoms with Crippen molar-refractivity contribution in [1.29, 1.82) is 0 Å². The van der Waals surface area contributed by atoms with Gasteiger partial charge in [0.25, 0.3) is 5.91 Å². The second kappa shape index (κ2) is 9.33. The first-order valence-corrected chi connectivity index (χ1v) is 9.20. The molecule has 2 rings (SSSR count). The molecule has 0 saturated carbocycles. The molecule has 0 bridgehead atoms. The van der Waals surface area contributed by atoms with Gasteiger partial charge in [-0.1, -0.05) is 26.0 Å². The molecule has 0 N–H and O–H groups in total. The number of methoxy groups -OCH3 is 1. The summed E-state index contributed by atoms with van der Waals surface area (Å²) < 4.78 is 11.1. The Labute approximate surface area is 148 Å². The predicted molar refractivity (Wildman–Crippen MR) is 98.1 cm³/mol. The molecule has 0 atom stereocenters. The van der Waals surface area contributed by atoms with E-state index in [-0.39, 0.29) is 5.91 Å². The van der Waals surface area contributed by atoms with E-state index in [1.165, 1.54) is 11.3 Å². The van der Waals surface area contributed by atoms with Crippen molar-refractivity contribution in [2.45, 2.75) is 33.2 Å². The molecule has 1 aromatic heterocycles. The smallest absolute Gasteiger partial charge is 0.264 e. The first kappa shape index (κ1) is 18.3. The lowest BCUT2D eigenvalue weighted by atomic mass is 10.1. The Hall–Kier alpha value is -2.01. The number of hydrogen-bond acceptors (Lipinski definition) is 4. The van der Waals surface area contributed by atoms with E-state index in [9.17, 15) is 4.79 Å². The fraction of sp³-hybridized carbons (Fsp3) is 0.421. The maximum Gasteiger partial charge on any atom is 0.264 e. The van der Waals surface area contributed by atoms with E-state index in [4.69, 9.17) is 9.47 Å². The number of amides is 1. The molecule has 24 heavy (non-hydrogen) atoms. The Balaban J connectivity index is 2.15. The van der Waals surface area contributed by atoms with Gasteiger partial charge in [-0.15, -0.1) is 11.3 Å². The van der Waals surface area contributed by atoms with E-state index in [2.05, 4.69) is 13.8 Å². The standard InChI is InChI=1S/C19H25NO3S/c1-4-10-20(19(21)18-7-6-12-24-18)14-15-8-9-16(23-11-5-2)17(13-15)22-3/h6-9,12-13H,4-5,10-11,14H2,1-3H3. The minimum Gasteiger partial charge on any atom is -0.493 e. The summed E-state index contributed by atoms with van der Waals surface area (Å²) in [6.07, 6.45) is 1.87. The van der Waals surface area contributed by atoms with E-state index in [1.807, 2.05) is 40.6 Å². The second-order valence-electron chi connectivity index (χ2n) is 5.54. The molecule has 1 aromatic carbocycles. The molecule has 0 aliphatic heterocycles. The third-order valence-electron chi connectivity index (χ3n) is 3.58. The van der Waals surface area contributed by atoms with Crippen LogP contribution in [0.2, 0.25) is 0 Å². The molecule has 2 aromatic rings. The number of ether oxygens (including phenoxy) is 2. The average Bonchev–Trinajstić information content (AvgIpc) is 3.14. The molecule has 0 aliphatic carbocycles. The van der Waals surface area contributed by atoms with Crippen molar-refractivity contribution >= 4 is 17.2 Å². The molecular formula is C19H25NO3S. The number of benzene rings is 1. The highest BCUT2D eigenvalue weighted by atomic mass is 32.1. The van der Waals surface area contributed by atoms with E-state index in [0.29, 0.717) is 18.9 Å². The van der Waals surface area contributed by atoms with Gasteiger partial charge in [0.05, 0.1) is 18.6 Å². The van der Waals surface area contributed by atoms with E-state index in [1.54, 1.807) is 7.11 Å². The summed E-state index contributed by atoms with van der Waals surface area (Å²) in [6, 6.07) is 9.65. The molecule has 0 radical (unpaired) electrons. The zero-order valence-corrected chi connectivity index (χ0v) is 15.4. The predicted octanol–water partition coefficient (Wildman–Crippen LogP) is 4.60. The zero-order chi connectivity index (χ0) is 17.4. The van der Waals surface area contributed by atoms with Gasteiger partial charge in [-0.3, -0.25) is 4.79 Å². The third-order valence-corrected chi connectivity index (χ3v) is 4.43. The molecular weight excluding hydrogens is 322 g/mol. The van der Waals surface area contributed by atoms with Gasteiger partial charge in [0.2, 0.25) is 0 Å². The topological polar surface area (TPSA) is 38.8 Å². The summed E-state index contributed by atoms with van der Waals surface area (Å²) in [5.74, 6) is 1.54. The fourth-order valence-electron chi connectivity index (χ4n) is 2.44. The van der Waals surface area contributed by atoms with E-state index in [0.717, 1.165) is 35.6 Å². The fourth-order valence-corrected chi connectivity index (χ4v) is 3.13. The van der Waals surface area contributed by atoms with Crippen LogP contribution in [0, 0.1) is 0 Å². The van der Waals surface area contributed by atoms with Crippen LogP contribution in [0.3, 0.4) is 0 Å². The van der Waals surface area contributed by atoms with Crippen LogP contribution >= 0.6 is 11.3 Å². The first-order chi connectivity index (χ1) is 11.7. The maximum absolute atomic E-state index is 12.6. The Kier molecular flexibility index (Phi) is 7.12. The minimum atomic E-state index is 0.0807. The number of thiophene rings is 1. The summed E-state index contributed by atoms with van der Waals surface area (Å²) in [4.78, 5) is 15.3. The van der Waals surface area contributed by atoms with Crippen molar-refractivity contribution in [2.75, 3.05) is 20.3 Å². The van der Waals surface area contributed by atoms with Crippen LogP contribution < -0.4 is 9.47 Å². The Bertz CT molecular complexity index is 640. The van der Waals surface area contributed by atoms with Crippen LogP contribution in [-0.4, -0.2) is 31.1 Å². The lowest BCUT2D eigenvalue weighted by Crippen LogP contribution is -2.30. The van der Waals surface area contributed by atoms with Crippen LogP contribution in [0.4, 0.5) is 0 Å². The number of hydrogen-bond donors (Lipinski definition) is 0. The first-order valence-electron chi connectivity index (χ1n) is 8.32. The van der Waals surface area contributed by atoms with Crippen LogP contribution in [0.25, 0.3) is 0 Å². The Morgan fingerprint density at radius 2 is 2.00 bits per heavy atom. The zero-order valence-electron chi connectivity index (χ0n) is 14.6. The van der Waals surface area contributed by atoms with Crippen LogP contribution in [0.1, 0.15) is 41.9 Å². The summed E-state index contributed by atoms with van der Waals surface area (Å²) in [5.41, 5.74) is 1.04. The van der Waals surface area contributed by atoms with Crippen LogP contribution in [-0.2, 0) is 6.54 Å².